The minimum Gasteiger partial charge on any atom is -0.310 e. The average molecular weight is 322 g/mol. The first-order valence-electron chi connectivity index (χ1n) is 6.42. The second-order valence-electron chi connectivity index (χ2n) is 5.13. The SMILES string of the molecule is Cl.O=S(=O)(c1cncc(F)c1)N1CCC2CCC(C1)N2. The summed E-state index contributed by atoms with van der Waals surface area (Å²) in [6.45, 7) is 0.933. The van der Waals surface area contributed by atoms with E-state index >= 15 is 0 Å². The molecule has 2 bridgehead atoms. The summed E-state index contributed by atoms with van der Waals surface area (Å²) in [6, 6.07) is 1.65. The lowest BCUT2D eigenvalue weighted by Crippen LogP contribution is -2.39. The Balaban J connectivity index is 0.00000147. The van der Waals surface area contributed by atoms with Crippen LogP contribution in [-0.4, -0.2) is 42.9 Å². The van der Waals surface area contributed by atoms with Crippen molar-refractivity contribution >= 4 is 22.4 Å². The Morgan fingerprint density at radius 2 is 2.00 bits per heavy atom. The Labute approximate surface area is 124 Å². The summed E-state index contributed by atoms with van der Waals surface area (Å²) in [5.74, 6) is -0.629. The first-order valence-corrected chi connectivity index (χ1v) is 7.86. The number of nitrogens with one attached hydrogen (secondary N) is 1. The lowest BCUT2D eigenvalue weighted by atomic mass is 10.1. The van der Waals surface area contributed by atoms with Gasteiger partial charge in [-0.15, -0.1) is 12.4 Å². The highest BCUT2D eigenvalue weighted by Crippen LogP contribution is 2.24. The highest BCUT2D eigenvalue weighted by molar-refractivity contribution is 7.89. The maximum Gasteiger partial charge on any atom is 0.244 e. The fraction of sp³-hybridized carbons (Fsp3) is 0.583. The fourth-order valence-electron chi connectivity index (χ4n) is 2.81. The Morgan fingerprint density at radius 1 is 1.25 bits per heavy atom. The van der Waals surface area contributed by atoms with E-state index in [1.165, 1.54) is 10.5 Å². The Kier molecular flexibility index (Phi) is 4.63. The normalized spacial score (nSPS) is 26.9. The first-order chi connectivity index (χ1) is 9.05. The number of hydrogen-bond donors (Lipinski definition) is 1. The van der Waals surface area contributed by atoms with Crippen molar-refractivity contribution in [2.24, 2.45) is 0 Å². The molecule has 20 heavy (non-hydrogen) atoms. The van der Waals surface area contributed by atoms with Crippen LogP contribution in [0.5, 0.6) is 0 Å². The van der Waals surface area contributed by atoms with E-state index in [2.05, 4.69) is 10.3 Å². The monoisotopic (exact) mass is 321 g/mol. The second kappa shape index (κ2) is 5.93. The van der Waals surface area contributed by atoms with Crippen molar-refractivity contribution in [1.82, 2.24) is 14.6 Å². The molecule has 2 unspecified atom stereocenters. The summed E-state index contributed by atoms with van der Waals surface area (Å²) >= 11 is 0. The van der Waals surface area contributed by atoms with Crippen LogP contribution in [0.2, 0.25) is 0 Å². The van der Waals surface area contributed by atoms with E-state index in [9.17, 15) is 12.8 Å². The summed E-state index contributed by atoms with van der Waals surface area (Å²) in [5.41, 5.74) is 0. The molecule has 2 aliphatic rings. The molecule has 2 atom stereocenters. The zero-order chi connectivity index (χ0) is 13.5. The molecule has 1 aromatic heterocycles. The predicted molar refractivity (Wildman–Crippen MR) is 74.8 cm³/mol. The molecule has 0 radical (unpaired) electrons. The number of rotatable bonds is 2. The van der Waals surface area contributed by atoms with E-state index in [-0.39, 0.29) is 23.3 Å². The Hall–Kier alpha value is -0.760. The van der Waals surface area contributed by atoms with Crippen molar-refractivity contribution in [3.05, 3.63) is 24.3 Å². The van der Waals surface area contributed by atoms with Gasteiger partial charge in [0.2, 0.25) is 10.0 Å². The molecule has 0 aliphatic carbocycles. The van der Waals surface area contributed by atoms with Gasteiger partial charge in [0.15, 0.2) is 0 Å². The van der Waals surface area contributed by atoms with E-state index < -0.39 is 15.8 Å². The lowest BCUT2D eigenvalue weighted by molar-refractivity contribution is 0.383. The highest BCUT2D eigenvalue weighted by Gasteiger charge is 2.35. The van der Waals surface area contributed by atoms with Crippen molar-refractivity contribution in [3.8, 4) is 0 Å². The zero-order valence-corrected chi connectivity index (χ0v) is 12.5. The van der Waals surface area contributed by atoms with Gasteiger partial charge in [0.1, 0.15) is 10.7 Å². The largest absolute Gasteiger partial charge is 0.310 e. The topological polar surface area (TPSA) is 62.3 Å². The number of pyridine rings is 1. The zero-order valence-electron chi connectivity index (χ0n) is 10.8. The number of nitrogens with zero attached hydrogens (tertiary/aromatic N) is 2. The molecule has 8 heteroatoms. The Bertz CT molecular complexity index is 584. The maximum absolute atomic E-state index is 13.1. The molecule has 2 saturated heterocycles. The van der Waals surface area contributed by atoms with Crippen LogP contribution < -0.4 is 5.32 Å². The molecule has 0 saturated carbocycles. The van der Waals surface area contributed by atoms with Crippen LogP contribution in [0.1, 0.15) is 19.3 Å². The van der Waals surface area contributed by atoms with Crippen LogP contribution in [0.15, 0.2) is 23.4 Å². The molecule has 1 N–H and O–H groups in total. The van der Waals surface area contributed by atoms with E-state index in [1.54, 1.807) is 0 Å². The third kappa shape index (κ3) is 2.95. The van der Waals surface area contributed by atoms with Crippen molar-refractivity contribution in [2.45, 2.75) is 36.2 Å². The van der Waals surface area contributed by atoms with Gasteiger partial charge in [-0.3, -0.25) is 4.98 Å². The van der Waals surface area contributed by atoms with Crippen molar-refractivity contribution in [1.29, 1.82) is 0 Å². The third-order valence-electron chi connectivity index (χ3n) is 3.80. The minimum atomic E-state index is -3.64. The summed E-state index contributed by atoms with van der Waals surface area (Å²) in [7, 11) is -3.64. The number of fused-ring (bicyclic) bond motifs is 2. The number of aromatic nitrogens is 1. The summed E-state index contributed by atoms with van der Waals surface area (Å²) in [5, 5.41) is 3.42. The van der Waals surface area contributed by atoms with Gasteiger partial charge in [0, 0.05) is 31.4 Å². The molecule has 3 rings (SSSR count). The van der Waals surface area contributed by atoms with Gasteiger partial charge in [-0.25, -0.2) is 12.8 Å². The number of halogens is 2. The summed E-state index contributed by atoms with van der Waals surface area (Å²) in [4.78, 5) is 3.56. The van der Waals surface area contributed by atoms with Crippen LogP contribution in [0.4, 0.5) is 4.39 Å². The maximum atomic E-state index is 13.1. The highest BCUT2D eigenvalue weighted by atomic mass is 35.5. The molecule has 2 fully saturated rings. The van der Waals surface area contributed by atoms with Gasteiger partial charge >= 0.3 is 0 Å². The minimum absolute atomic E-state index is 0. The first kappa shape index (κ1) is 15.6. The number of hydrogen-bond acceptors (Lipinski definition) is 4. The van der Waals surface area contributed by atoms with Gasteiger partial charge < -0.3 is 5.32 Å². The molecule has 112 valence electrons. The number of sulfonamides is 1. The van der Waals surface area contributed by atoms with Gasteiger partial charge in [-0.2, -0.15) is 4.31 Å². The molecular weight excluding hydrogens is 305 g/mol. The van der Waals surface area contributed by atoms with E-state index in [1.807, 2.05) is 0 Å². The van der Waals surface area contributed by atoms with Gasteiger partial charge in [-0.1, -0.05) is 0 Å². The standard InChI is InChI=1S/C12H16FN3O2S.ClH/c13-9-5-12(7-14-6-9)19(17,18)16-4-3-10-1-2-11(8-16)15-10;/h5-7,10-11,15H,1-4,8H2;1H. The molecule has 2 aliphatic heterocycles. The van der Waals surface area contributed by atoms with Crippen LogP contribution >= 0.6 is 12.4 Å². The van der Waals surface area contributed by atoms with E-state index in [0.717, 1.165) is 31.5 Å². The van der Waals surface area contributed by atoms with Crippen LogP contribution in [0, 0.1) is 5.82 Å². The molecule has 3 heterocycles. The predicted octanol–water partition coefficient (Wildman–Crippen LogP) is 1.16. The lowest BCUT2D eigenvalue weighted by Gasteiger charge is -2.23. The van der Waals surface area contributed by atoms with Crippen LogP contribution in [-0.2, 0) is 10.0 Å². The van der Waals surface area contributed by atoms with Gasteiger partial charge in [-0.05, 0) is 25.3 Å². The van der Waals surface area contributed by atoms with Crippen LogP contribution in [0.25, 0.3) is 0 Å². The Morgan fingerprint density at radius 3 is 2.75 bits per heavy atom. The van der Waals surface area contributed by atoms with Gasteiger partial charge in [0.05, 0.1) is 6.20 Å². The quantitative estimate of drug-likeness (QED) is 0.888. The second-order valence-corrected chi connectivity index (χ2v) is 7.07. The third-order valence-corrected chi connectivity index (χ3v) is 5.63. The molecular formula is C12H17ClFN3O2S. The average Bonchev–Trinajstić information content (AvgIpc) is 2.68. The van der Waals surface area contributed by atoms with Crippen molar-refractivity contribution in [2.75, 3.05) is 13.1 Å². The summed E-state index contributed by atoms with van der Waals surface area (Å²) in [6.07, 6.45) is 5.12. The van der Waals surface area contributed by atoms with Crippen molar-refractivity contribution < 1.29 is 12.8 Å². The van der Waals surface area contributed by atoms with Crippen molar-refractivity contribution in [3.63, 3.8) is 0 Å². The summed E-state index contributed by atoms with van der Waals surface area (Å²) < 4.78 is 39.5. The molecule has 0 spiro atoms. The smallest absolute Gasteiger partial charge is 0.244 e. The molecule has 0 aromatic carbocycles. The molecule has 5 nitrogen and oxygen atoms in total. The van der Waals surface area contributed by atoms with E-state index in [4.69, 9.17) is 0 Å². The van der Waals surface area contributed by atoms with Crippen LogP contribution in [0.3, 0.4) is 0 Å². The molecule has 0 amide bonds. The van der Waals surface area contributed by atoms with E-state index in [0.29, 0.717) is 19.1 Å². The molecule has 1 aromatic rings. The van der Waals surface area contributed by atoms with Gasteiger partial charge in [0.25, 0.3) is 0 Å². The fourth-order valence-corrected chi connectivity index (χ4v) is 4.29.